The Kier molecular flexibility index (Phi) is 6.38. The molecule has 1 aromatic carbocycles. The molecule has 0 atom stereocenters. The van der Waals surface area contributed by atoms with Crippen molar-refractivity contribution < 1.29 is 14.3 Å². The zero-order chi connectivity index (χ0) is 19.4. The molecule has 0 aliphatic carbocycles. The van der Waals surface area contributed by atoms with E-state index in [4.69, 9.17) is 4.74 Å². The van der Waals surface area contributed by atoms with Crippen molar-refractivity contribution in [3.63, 3.8) is 0 Å². The first-order valence-electron chi connectivity index (χ1n) is 8.94. The van der Waals surface area contributed by atoms with Crippen LogP contribution in [0, 0.1) is 0 Å². The fourth-order valence-electron chi connectivity index (χ4n) is 2.75. The maximum Gasteiger partial charge on any atom is 0.410 e. The van der Waals surface area contributed by atoms with Gasteiger partial charge in [0.25, 0.3) is 5.91 Å². The second-order valence-electron chi connectivity index (χ2n) is 6.40. The number of hydrogen-bond acceptors (Lipinski definition) is 6. The molecule has 1 aliphatic heterocycles. The van der Waals surface area contributed by atoms with E-state index in [0.29, 0.717) is 42.1 Å². The number of anilines is 1. The van der Waals surface area contributed by atoms with Crippen molar-refractivity contribution in [2.45, 2.75) is 43.9 Å². The van der Waals surface area contributed by atoms with Crippen molar-refractivity contribution in [1.29, 1.82) is 0 Å². The van der Waals surface area contributed by atoms with E-state index in [2.05, 4.69) is 24.1 Å². The van der Waals surface area contributed by atoms with Crippen LogP contribution in [0.4, 0.5) is 9.93 Å². The highest BCUT2D eigenvalue weighted by atomic mass is 32.2. The fourth-order valence-corrected chi connectivity index (χ4v) is 4.60. The molecule has 8 heteroatoms. The van der Waals surface area contributed by atoms with Crippen LogP contribution < -0.4 is 5.32 Å². The molecule has 3 rings (SSSR count). The summed E-state index contributed by atoms with van der Waals surface area (Å²) >= 11 is 3.18. The summed E-state index contributed by atoms with van der Waals surface area (Å²) in [6.07, 6.45) is 0.364. The van der Waals surface area contributed by atoms with Gasteiger partial charge in [-0.3, -0.25) is 10.1 Å². The van der Waals surface area contributed by atoms with Gasteiger partial charge in [-0.2, -0.15) is 0 Å². The number of hydrogen-bond donors (Lipinski definition) is 1. The lowest BCUT2D eigenvalue weighted by molar-refractivity contribution is 0.102. The molecule has 0 fully saturated rings. The highest BCUT2D eigenvalue weighted by molar-refractivity contribution is 7.99. The standard InChI is InChI=1S/C19H23N3O3S2/c1-4-25-19(24)22-10-9-15-16(11-22)27-18(20-15)21-17(23)13-5-7-14(8-6-13)26-12(2)3/h5-8,12H,4,9-11H2,1-3H3,(H,20,21,23). The Morgan fingerprint density at radius 1 is 1.33 bits per heavy atom. The number of ether oxygens (including phenoxy) is 1. The lowest BCUT2D eigenvalue weighted by Crippen LogP contribution is -2.35. The van der Waals surface area contributed by atoms with E-state index in [-0.39, 0.29) is 12.0 Å². The molecule has 2 heterocycles. The van der Waals surface area contributed by atoms with Crippen LogP contribution in [-0.4, -0.2) is 40.3 Å². The average molecular weight is 406 g/mol. The third kappa shape index (κ3) is 5.01. The number of benzene rings is 1. The number of carbonyl (C=O) groups is 2. The van der Waals surface area contributed by atoms with Crippen molar-refractivity contribution in [2.75, 3.05) is 18.5 Å². The van der Waals surface area contributed by atoms with Gasteiger partial charge in [0.15, 0.2) is 5.13 Å². The number of amides is 2. The number of carbonyl (C=O) groups excluding carboxylic acids is 2. The predicted octanol–water partition coefficient (Wildman–Crippen LogP) is 4.41. The van der Waals surface area contributed by atoms with E-state index in [1.54, 1.807) is 23.6 Å². The van der Waals surface area contributed by atoms with Crippen molar-refractivity contribution in [3.8, 4) is 0 Å². The highest BCUT2D eigenvalue weighted by Crippen LogP contribution is 2.29. The SMILES string of the molecule is CCOC(=O)N1CCc2nc(NC(=O)c3ccc(SC(C)C)cc3)sc2C1. The number of aromatic nitrogens is 1. The number of nitrogens with zero attached hydrogens (tertiary/aromatic N) is 2. The molecule has 27 heavy (non-hydrogen) atoms. The number of rotatable bonds is 5. The Morgan fingerprint density at radius 2 is 2.07 bits per heavy atom. The Bertz CT molecular complexity index is 818. The second-order valence-corrected chi connectivity index (χ2v) is 9.14. The maximum absolute atomic E-state index is 12.5. The lowest BCUT2D eigenvalue weighted by Gasteiger charge is -2.24. The van der Waals surface area contributed by atoms with Gasteiger partial charge in [0.1, 0.15) is 0 Å². The maximum atomic E-state index is 12.5. The van der Waals surface area contributed by atoms with Crippen LogP contribution >= 0.6 is 23.1 Å². The van der Waals surface area contributed by atoms with Crippen molar-refractivity contribution in [2.24, 2.45) is 0 Å². The Morgan fingerprint density at radius 3 is 2.74 bits per heavy atom. The van der Waals surface area contributed by atoms with E-state index in [1.807, 2.05) is 24.3 Å². The smallest absolute Gasteiger partial charge is 0.410 e. The summed E-state index contributed by atoms with van der Waals surface area (Å²) < 4.78 is 5.06. The quantitative estimate of drug-likeness (QED) is 0.746. The zero-order valence-corrected chi connectivity index (χ0v) is 17.3. The highest BCUT2D eigenvalue weighted by Gasteiger charge is 2.25. The number of thiazole rings is 1. The predicted molar refractivity (Wildman–Crippen MR) is 109 cm³/mol. The Labute approximate surface area is 167 Å². The normalized spacial score (nSPS) is 13.4. The molecular weight excluding hydrogens is 382 g/mol. The van der Waals surface area contributed by atoms with E-state index in [9.17, 15) is 9.59 Å². The van der Waals surface area contributed by atoms with Gasteiger partial charge in [0.2, 0.25) is 0 Å². The molecule has 1 N–H and O–H groups in total. The van der Waals surface area contributed by atoms with Crippen LogP contribution in [0.5, 0.6) is 0 Å². The molecule has 0 spiro atoms. The molecule has 0 unspecified atom stereocenters. The average Bonchev–Trinajstić information content (AvgIpc) is 3.03. The van der Waals surface area contributed by atoms with Crippen molar-refractivity contribution in [3.05, 3.63) is 40.4 Å². The molecule has 0 bridgehead atoms. The summed E-state index contributed by atoms with van der Waals surface area (Å²) in [5.41, 5.74) is 1.55. The molecule has 0 saturated heterocycles. The van der Waals surface area contributed by atoms with Crippen molar-refractivity contribution in [1.82, 2.24) is 9.88 Å². The van der Waals surface area contributed by atoms with E-state index < -0.39 is 0 Å². The molecule has 2 aromatic rings. The summed E-state index contributed by atoms with van der Waals surface area (Å²) in [5.74, 6) is -0.176. The topological polar surface area (TPSA) is 71.5 Å². The number of nitrogens with one attached hydrogen (secondary N) is 1. The van der Waals surface area contributed by atoms with Gasteiger partial charge in [-0.05, 0) is 31.2 Å². The largest absolute Gasteiger partial charge is 0.450 e. The van der Waals surface area contributed by atoms with Gasteiger partial charge in [-0.25, -0.2) is 9.78 Å². The third-order valence-electron chi connectivity index (χ3n) is 3.97. The summed E-state index contributed by atoms with van der Waals surface area (Å²) in [4.78, 5) is 32.7. The molecule has 0 radical (unpaired) electrons. The summed E-state index contributed by atoms with van der Waals surface area (Å²) in [7, 11) is 0. The number of thioether (sulfide) groups is 1. The molecule has 1 aromatic heterocycles. The first-order valence-corrected chi connectivity index (χ1v) is 10.6. The van der Waals surface area contributed by atoms with Crippen molar-refractivity contribution >= 4 is 40.2 Å². The van der Waals surface area contributed by atoms with Crippen LogP contribution in [0.1, 0.15) is 41.7 Å². The fraction of sp³-hybridized carbons (Fsp3) is 0.421. The molecular formula is C19H23N3O3S2. The lowest BCUT2D eigenvalue weighted by atomic mass is 10.2. The zero-order valence-electron chi connectivity index (χ0n) is 15.7. The molecule has 6 nitrogen and oxygen atoms in total. The third-order valence-corrected chi connectivity index (χ3v) is 5.98. The minimum Gasteiger partial charge on any atom is -0.450 e. The van der Waals surface area contributed by atoms with Crippen LogP contribution in [0.25, 0.3) is 0 Å². The molecule has 1 aliphatic rings. The van der Waals surface area contributed by atoms with Gasteiger partial charge in [0, 0.05) is 33.6 Å². The summed E-state index contributed by atoms with van der Waals surface area (Å²) in [6.45, 7) is 7.49. The van der Waals surface area contributed by atoms with Gasteiger partial charge < -0.3 is 9.64 Å². The van der Waals surface area contributed by atoms with Gasteiger partial charge in [-0.15, -0.1) is 11.8 Å². The van der Waals surface area contributed by atoms with Gasteiger partial charge in [0.05, 0.1) is 18.8 Å². The van der Waals surface area contributed by atoms with Gasteiger partial charge >= 0.3 is 6.09 Å². The minimum absolute atomic E-state index is 0.176. The second kappa shape index (κ2) is 8.75. The van der Waals surface area contributed by atoms with Crippen LogP contribution in [0.2, 0.25) is 0 Å². The monoisotopic (exact) mass is 405 g/mol. The van der Waals surface area contributed by atoms with E-state index in [1.165, 1.54) is 11.3 Å². The molecule has 144 valence electrons. The van der Waals surface area contributed by atoms with Gasteiger partial charge in [-0.1, -0.05) is 25.2 Å². The summed E-state index contributed by atoms with van der Waals surface area (Å²) in [6, 6.07) is 7.58. The van der Waals surface area contributed by atoms with Crippen LogP contribution in [0.3, 0.4) is 0 Å². The first kappa shape index (κ1) is 19.7. The molecule has 2 amide bonds. The van der Waals surface area contributed by atoms with E-state index in [0.717, 1.165) is 15.5 Å². The number of fused-ring (bicyclic) bond motifs is 1. The summed E-state index contributed by atoms with van der Waals surface area (Å²) in [5, 5.41) is 3.94. The van der Waals surface area contributed by atoms with E-state index >= 15 is 0 Å². The first-order chi connectivity index (χ1) is 13.0. The molecule has 0 saturated carbocycles. The Balaban J connectivity index is 1.64. The minimum atomic E-state index is -0.304. The Hall–Kier alpha value is -2.06. The van der Waals surface area contributed by atoms with Crippen LogP contribution in [-0.2, 0) is 17.7 Å². The van der Waals surface area contributed by atoms with Crippen LogP contribution in [0.15, 0.2) is 29.2 Å².